The SMILES string of the molecule is COc1cccc(CN(Cc2ccccn2)Cc2ccccc2P(c2ccccc2)c2ccccc2)c1. The molecule has 0 aliphatic rings. The molecule has 5 rings (SSSR count). The second-order valence-electron chi connectivity index (χ2n) is 8.95. The lowest BCUT2D eigenvalue weighted by molar-refractivity contribution is 0.245. The Kier molecular flexibility index (Phi) is 8.38. The minimum absolute atomic E-state index is 0.686. The molecule has 0 radical (unpaired) electrons. The number of nitrogens with zero attached hydrogens (tertiary/aromatic N) is 2. The van der Waals surface area contributed by atoms with Crippen LogP contribution in [0.15, 0.2) is 134 Å². The van der Waals surface area contributed by atoms with Crippen LogP contribution in [-0.4, -0.2) is 17.0 Å². The zero-order valence-electron chi connectivity index (χ0n) is 21.1. The fourth-order valence-corrected chi connectivity index (χ4v) is 7.07. The Balaban J connectivity index is 1.52. The second-order valence-corrected chi connectivity index (χ2v) is 11.1. The molecule has 0 atom stereocenters. The van der Waals surface area contributed by atoms with E-state index in [0.717, 1.165) is 31.1 Å². The normalized spacial score (nSPS) is 11.1. The Morgan fingerprint density at radius 2 is 1.32 bits per heavy atom. The lowest BCUT2D eigenvalue weighted by atomic mass is 10.1. The van der Waals surface area contributed by atoms with E-state index in [1.165, 1.54) is 27.0 Å². The minimum atomic E-state index is -0.686. The summed E-state index contributed by atoms with van der Waals surface area (Å²) in [5.41, 5.74) is 3.64. The van der Waals surface area contributed by atoms with E-state index in [4.69, 9.17) is 4.74 Å². The van der Waals surface area contributed by atoms with Crippen molar-refractivity contribution in [1.82, 2.24) is 9.88 Å². The Morgan fingerprint density at radius 3 is 2.00 bits per heavy atom. The van der Waals surface area contributed by atoms with E-state index in [1.807, 2.05) is 18.3 Å². The van der Waals surface area contributed by atoms with Gasteiger partial charge < -0.3 is 4.74 Å². The minimum Gasteiger partial charge on any atom is -0.497 e. The number of benzene rings is 4. The molecule has 0 unspecified atom stereocenters. The maximum atomic E-state index is 5.49. The monoisotopic (exact) mass is 502 g/mol. The lowest BCUT2D eigenvalue weighted by Gasteiger charge is -2.27. The van der Waals surface area contributed by atoms with E-state index in [-0.39, 0.29) is 0 Å². The molecule has 0 fully saturated rings. The molecule has 4 aromatic carbocycles. The first kappa shape index (κ1) is 24.9. The third-order valence-corrected chi connectivity index (χ3v) is 8.85. The molecular formula is C33H31N2OP. The third kappa shape index (κ3) is 6.51. The van der Waals surface area contributed by atoms with E-state index < -0.39 is 7.92 Å². The highest BCUT2D eigenvalue weighted by Crippen LogP contribution is 2.34. The average Bonchev–Trinajstić information content (AvgIpc) is 2.96. The van der Waals surface area contributed by atoms with Gasteiger partial charge in [-0.15, -0.1) is 0 Å². The van der Waals surface area contributed by atoms with Gasteiger partial charge in [0.2, 0.25) is 0 Å². The summed E-state index contributed by atoms with van der Waals surface area (Å²) < 4.78 is 5.49. The molecule has 0 bridgehead atoms. The first-order chi connectivity index (χ1) is 18.3. The number of rotatable bonds is 10. The van der Waals surface area contributed by atoms with Gasteiger partial charge in [-0.05, 0) is 59.2 Å². The van der Waals surface area contributed by atoms with Crippen LogP contribution >= 0.6 is 7.92 Å². The summed E-state index contributed by atoms with van der Waals surface area (Å²) in [5.74, 6) is 0.882. The van der Waals surface area contributed by atoms with Crippen molar-refractivity contribution in [2.45, 2.75) is 19.6 Å². The fraction of sp³-hybridized carbons (Fsp3) is 0.121. The second kappa shape index (κ2) is 12.5. The van der Waals surface area contributed by atoms with E-state index in [0.29, 0.717) is 0 Å². The topological polar surface area (TPSA) is 25.4 Å². The smallest absolute Gasteiger partial charge is 0.119 e. The highest BCUT2D eigenvalue weighted by molar-refractivity contribution is 7.79. The van der Waals surface area contributed by atoms with Crippen molar-refractivity contribution in [1.29, 1.82) is 0 Å². The maximum absolute atomic E-state index is 5.49. The molecule has 5 aromatic rings. The summed E-state index contributed by atoms with van der Waals surface area (Å²) in [6.45, 7) is 2.39. The van der Waals surface area contributed by atoms with Crippen molar-refractivity contribution in [3.8, 4) is 5.75 Å². The number of hydrogen-bond acceptors (Lipinski definition) is 3. The zero-order chi connectivity index (χ0) is 25.3. The number of hydrogen-bond donors (Lipinski definition) is 0. The predicted molar refractivity (Wildman–Crippen MR) is 155 cm³/mol. The van der Waals surface area contributed by atoms with Crippen LogP contribution in [0, 0.1) is 0 Å². The van der Waals surface area contributed by atoms with Gasteiger partial charge in [0.25, 0.3) is 0 Å². The lowest BCUT2D eigenvalue weighted by Crippen LogP contribution is -2.28. The van der Waals surface area contributed by atoms with Gasteiger partial charge in [0.15, 0.2) is 0 Å². The fourth-order valence-electron chi connectivity index (χ4n) is 4.60. The summed E-state index contributed by atoms with van der Waals surface area (Å²) >= 11 is 0. The Bertz CT molecular complexity index is 1350. The summed E-state index contributed by atoms with van der Waals surface area (Å²) in [7, 11) is 1.03. The van der Waals surface area contributed by atoms with Gasteiger partial charge in [0.1, 0.15) is 5.75 Å². The molecule has 184 valence electrons. The maximum Gasteiger partial charge on any atom is 0.119 e. The summed E-state index contributed by atoms with van der Waals surface area (Å²) in [6, 6.07) is 45.2. The van der Waals surface area contributed by atoms with Gasteiger partial charge in [-0.2, -0.15) is 0 Å². The van der Waals surface area contributed by atoms with Crippen LogP contribution in [0.1, 0.15) is 16.8 Å². The van der Waals surface area contributed by atoms with E-state index >= 15 is 0 Å². The van der Waals surface area contributed by atoms with Crippen molar-refractivity contribution in [3.05, 3.63) is 150 Å². The molecule has 1 aromatic heterocycles. The van der Waals surface area contributed by atoms with Crippen LogP contribution in [0.5, 0.6) is 5.75 Å². The molecule has 0 spiro atoms. The third-order valence-electron chi connectivity index (χ3n) is 6.31. The van der Waals surface area contributed by atoms with Crippen LogP contribution in [0.3, 0.4) is 0 Å². The summed E-state index contributed by atoms with van der Waals surface area (Å²) in [4.78, 5) is 7.10. The van der Waals surface area contributed by atoms with Crippen molar-refractivity contribution < 1.29 is 4.74 Å². The van der Waals surface area contributed by atoms with Gasteiger partial charge in [0.05, 0.1) is 12.8 Å². The van der Waals surface area contributed by atoms with Crippen molar-refractivity contribution in [2.24, 2.45) is 0 Å². The van der Waals surface area contributed by atoms with Crippen LogP contribution in [0.4, 0.5) is 0 Å². The number of ether oxygens (including phenoxy) is 1. The Morgan fingerprint density at radius 1 is 0.649 bits per heavy atom. The van der Waals surface area contributed by atoms with Crippen LogP contribution in [0.25, 0.3) is 0 Å². The van der Waals surface area contributed by atoms with Crippen LogP contribution in [-0.2, 0) is 19.6 Å². The molecule has 0 N–H and O–H groups in total. The van der Waals surface area contributed by atoms with Gasteiger partial charge in [-0.1, -0.05) is 103 Å². The number of methoxy groups -OCH3 is 1. The van der Waals surface area contributed by atoms with Gasteiger partial charge in [0, 0.05) is 25.8 Å². The van der Waals surface area contributed by atoms with Crippen LogP contribution < -0.4 is 20.7 Å². The Hall–Kier alpha value is -3.78. The molecule has 0 saturated carbocycles. The van der Waals surface area contributed by atoms with Gasteiger partial charge >= 0.3 is 0 Å². The Labute approximate surface area is 221 Å². The standard InChI is InChI=1S/C33H31N2OP/c1-36-30-16-12-13-27(23-30)24-35(26-29-15-10-11-22-34-29)25-28-14-8-9-21-33(28)37(31-17-4-2-5-18-31)32-19-6-3-7-20-32/h2-23H,24-26H2,1H3. The van der Waals surface area contributed by atoms with E-state index in [9.17, 15) is 0 Å². The van der Waals surface area contributed by atoms with Gasteiger partial charge in [-0.25, -0.2) is 0 Å². The molecular weight excluding hydrogens is 471 g/mol. The number of pyridine rings is 1. The first-order valence-electron chi connectivity index (χ1n) is 12.5. The molecule has 0 aliphatic carbocycles. The van der Waals surface area contributed by atoms with E-state index in [2.05, 4.69) is 125 Å². The molecule has 37 heavy (non-hydrogen) atoms. The predicted octanol–water partition coefficient (Wildman–Crippen LogP) is 6.05. The van der Waals surface area contributed by atoms with Crippen molar-refractivity contribution >= 4 is 23.8 Å². The summed E-state index contributed by atoms with van der Waals surface area (Å²) in [5, 5.41) is 4.12. The van der Waals surface area contributed by atoms with Crippen molar-refractivity contribution in [3.63, 3.8) is 0 Å². The molecule has 3 nitrogen and oxygen atoms in total. The zero-order valence-corrected chi connectivity index (χ0v) is 22.0. The molecule has 1 heterocycles. The molecule has 0 aliphatic heterocycles. The average molecular weight is 503 g/mol. The molecule has 0 saturated heterocycles. The summed E-state index contributed by atoms with van der Waals surface area (Å²) in [6.07, 6.45) is 1.87. The van der Waals surface area contributed by atoms with Crippen molar-refractivity contribution in [2.75, 3.05) is 7.11 Å². The highest BCUT2D eigenvalue weighted by atomic mass is 31.1. The first-order valence-corrected chi connectivity index (χ1v) is 13.9. The molecule has 0 amide bonds. The molecule has 4 heteroatoms. The number of aromatic nitrogens is 1. The van der Waals surface area contributed by atoms with E-state index in [1.54, 1.807) is 7.11 Å². The highest BCUT2D eigenvalue weighted by Gasteiger charge is 2.20. The van der Waals surface area contributed by atoms with Gasteiger partial charge in [-0.3, -0.25) is 9.88 Å². The van der Waals surface area contributed by atoms with Crippen LogP contribution in [0.2, 0.25) is 0 Å². The largest absolute Gasteiger partial charge is 0.497 e. The quantitative estimate of drug-likeness (QED) is 0.217.